The standard InChI is InChI=1S/C22H20N4O5S2/c1-4-31-21(28)20(32-18-13-9-8-12-17(18)26(29)30)23-24-22-25(16-10-6-5-7-11-16)14(2)19(33-22)15(3)27/h5-13H,4H2,1-3H3/b23-20+,24-22+. The minimum atomic E-state index is -0.754. The molecule has 1 aromatic heterocycles. The van der Waals surface area contributed by atoms with Crippen molar-refractivity contribution in [1.82, 2.24) is 4.57 Å². The van der Waals surface area contributed by atoms with Crippen LogP contribution in [0.25, 0.3) is 5.69 Å². The van der Waals surface area contributed by atoms with E-state index in [4.69, 9.17) is 4.74 Å². The molecule has 33 heavy (non-hydrogen) atoms. The number of nitrogens with zero attached hydrogens (tertiary/aromatic N) is 4. The lowest BCUT2D eigenvalue weighted by atomic mass is 10.2. The normalized spacial score (nSPS) is 12.0. The van der Waals surface area contributed by atoms with Gasteiger partial charge in [0.05, 0.1) is 21.3 Å². The molecular formula is C22H20N4O5S2. The molecule has 3 rings (SSSR count). The summed E-state index contributed by atoms with van der Waals surface area (Å²) in [4.78, 5) is 36.6. The Hall–Kier alpha value is -3.57. The summed E-state index contributed by atoms with van der Waals surface area (Å²) in [6, 6.07) is 15.3. The highest BCUT2D eigenvalue weighted by molar-refractivity contribution is 8.15. The summed E-state index contributed by atoms with van der Waals surface area (Å²) in [6.45, 7) is 5.02. The Morgan fingerprint density at radius 3 is 2.45 bits per heavy atom. The number of hydrogen-bond donors (Lipinski definition) is 0. The second kappa shape index (κ2) is 10.8. The number of aromatic nitrogens is 1. The van der Waals surface area contributed by atoms with Gasteiger partial charge in [0.1, 0.15) is 0 Å². The van der Waals surface area contributed by atoms with Crippen LogP contribution < -0.4 is 4.80 Å². The maximum absolute atomic E-state index is 12.5. The van der Waals surface area contributed by atoms with Crippen LogP contribution in [0.15, 0.2) is 69.7 Å². The lowest BCUT2D eigenvalue weighted by molar-refractivity contribution is -0.387. The molecule has 9 nitrogen and oxygen atoms in total. The van der Waals surface area contributed by atoms with Crippen molar-refractivity contribution >= 4 is 45.6 Å². The fourth-order valence-corrected chi connectivity index (χ4v) is 4.72. The van der Waals surface area contributed by atoms with Crippen molar-refractivity contribution in [2.75, 3.05) is 6.61 Å². The van der Waals surface area contributed by atoms with Crippen LogP contribution in [-0.2, 0) is 9.53 Å². The van der Waals surface area contributed by atoms with Gasteiger partial charge < -0.3 is 4.74 Å². The highest BCUT2D eigenvalue weighted by Crippen LogP contribution is 2.30. The number of esters is 1. The molecule has 0 atom stereocenters. The number of para-hydroxylation sites is 2. The number of Topliss-reactive ketones (excluding diaryl/α,β-unsaturated/α-hetero) is 1. The first-order valence-electron chi connectivity index (χ1n) is 9.82. The molecule has 0 N–H and O–H groups in total. The Morgan fingerprint density at radius 1 is 1.15 bits per heavy atom. The molecule has 0 amide bonds. The fraction of sp³-hybridized carbons (Fsp3) is 0.182. The van der Waals surface area contributed by atoms with E-state index < -0.39 is 10.9 Å². The Balaban J connectivity index is 2.16. The first-order valence-corrected chi connectivity index (χ1v) is 11.5. The SMILES string of the molecule is CCOC(=O)/C(=N\N=c1\sc(C(C)=O)c(C)n1-c1ccccc1)Sc1ccccc1[N+](=O)[O-]. The molecule has 0 aliphatic carbocycles. The van der Waals surface area contributed by atoms with Crippen LogP contribution in [0.4, 0.5) is 5.69 Å². The molecule has 0 aliphatic rings. The molecule has 2 aromatic carbocycles. The van der Waals surface area contributed by atoms with Gasteiger partial charge in [0.2, 0.25) is 9.85 Å². The predicted molar refractivity (Wildman–Crippen MR) is 127 cm³/mol. The highest BCUT2D eigenvalue weighted by atomic mass is 32.2. The number of ether oxygens (including phenoxy) is 1. The summed E-state index contributed by atoms with van der Waals surface area (Å²) in [6.07, 6.45) is 0. The quantitative estimate of drug-likeness (QED) is 0.0965. The van der Waals surface area contributed by atoms with Gasteiger partial charge in [-0.1, -0.05) is 53.4 Å². The van der Waals surface area contributed by atoms with E-state index in [1.807, 2.05) is 30.3 Å². The maximum atomic E-state index is 12.5. The van der Waals surface area contributed by atoms with Crippen molar-refractivity contribution in [3.8, 4) is 5.69 Å². The van der Waals surface area contributed by atoms with E-state index in [2.05, 4.69) is 10.2 Å². The fourth-order valence-electron chi connectivity index (χ4n) is 2.91. The smallest absolute Gasteiger partial charge is 0.365 e. The highest BCUT2D eigenvalue weighted by Gasteiger charge is 2.21. The third kappa shape index (κ3) is 5.62. The van der Waals surface area contributed by atoms with Gasteiger partial charge in [-0.2, -0.15) is 0 Å². The molecule has 11 heteroatoms. The van der Waals surface area contributed by atoms with Gasteiger partial charge in [0.15, 0.2) is 5.78 Å². The molecule has 3 aromatic rings. The largest absolute Gasteiger partial charge is 0.461 e. The lowest BCUT2D eigenvalue weighted by Gasteiger charge is -2.06. The summed E-state index contributed by atoms with van der Waals surface area (Å²) < 4.78 is 6.84. The van der Waals surface area contributed by atoms with Gasteiger partial charge in [0, 0.05) is 24.4 Å². The molecule has 0 bridgehead atoms. The molecule has 1 heterocycles. The number of carbonyl (C=O) groups is 2. The van der Waals surface area contributed by atoms with Gasteiger partial charge in [-0.05, 0) is 32.0 Å². The number of thiazole rings is 1. The summed E-state index contributed by atoms with van der Waals surface area (Å²) in [5.41, 5.74) is 1.30. The second-order valence-corrected chi connectivity index (χ2v) is 8.59. The monoisotopic (exact) mass is 484 g/mol. The van der Waals surface area contributed by atoms with E-state index in [1.54, 1.807) is 24.5 Å². The molecule has 0 fully saturated rings. The minimum absolute atomic E-state index is 0.103. The van der Waals surface area contributed by atoms with Crippen molar-refractivity contribution < 1.29 is 19.2 Å². The van der Waals surface area contributed by atoms with Crippen LogP contribution in [0.5, 0.6) is 0 Å². The molecule has 0 spiro atoms. The van der Waals surface area contributed by atoms with E-state index in [0.717, 1.165) is 28.8 Å². The number of nitro groups is 1. The van der Waals surface area contributed by atoms with Crippen molar-refractivity contribution in [2.45, 2.75) is 25.7 Å². The van der Waals surface area contributed by atoms with Crippen molar-refractivity contribution in [2.24, 2.45) is 10.2 Å². The zero-order valence-corrected chi connectivity index (χ0v) is 19.7. The summed E-state index contributed by atoms with van der Waals surface area (Å²) in [5, 5.41) is 19.5. The van der Waals surface area contributed by atoms with E-state index in [0.29, 0.717) is 15.4 Å². The summed E-state index contributed by atoms with van der Waals surface area (Å²) in [7, 11) is 0. The topological polar surface area (TPSA) is 116 Å². The second-order valence-electron chi connectivity index (χ2n) is 6.58. The van der Waals surface area contributed by atoms with Crippen molar-refractivity contribution in [1.29, 1.82) is 0 Å². The molecular weight excluding hydrogens is 464 g/mol. The van der Waals surface area contributed by atoms with E-state index in [1.165, 1.54) is 25.1 Å². The molecule has 170 valence electrons. The van der Waals surface area contributed by atoms with Gasteiger partial charge in [-0.15, -0.1) is 10.2 Å². The third-order valence-corrected chi connectivity index (χ3v) is 6.57. The van der Waals surface area contributed by atoms with E-state index >= 15 is 0 Å². The zero-order valence-electron chi connectivity index (χ0n) is 18.0. The van der Waals surface area contributed by atoms with Gasteiger partial charge in [0.25, 0.3) is 5.69 Å². The number of benzene rings is 2. The average molecular weight is 485 g/mol. The van der Waals surface area contributed by atoms with Crippen LogP contribution in [-0.4, -0.2) is 32.9 Å². The lowest BCUT2D eigenvalue weighted by Crippen LogP contribution is -2.17. The molecule has 0 saturated heterocycles. The summed E-state index contributed by atoms with van der Waals surface area (Å²) in [5.74, 6) is -0.872. The Morgan fingerprint density at radius 2 is 1.82 bits per heavy atom. The predicted octanol–water partition coefficient (Wildman–Crippen LogP) is 4.53. The number of carbonyl (C=O) groups excluding carboxylic acids is 2. The Labute approximate surface area is 197 Å². The average Bonchev–Trinajstić information content (AvgIpc) is 3.13. The number of thioether (sulfide) groups is 1. The van der Waals surface area contributed by atoms with Crippen LogP contribution in [0.3, 0.4) is 0 Å². The number of hydrogen-bond acceptors (Lipinski definition) is 9. The molecule has 0 radical (unpaired) electrons. The first kappa shape index (κ1) is 24.1. The number of nitro benzene ring substituents is 1. The molecule has 0 saturated carbocycles. The van der Waals surface area contributed by atoms with Crippen molar-refractivity contribution in [3.63, 3.8) is 0 Å². The van der Waals surface area contributed by atoms with E-state index in [-0.39, 0.29) is 28.0 Å². The maximum Gasteiger partial charge on any atom is 0.365 e. The van der Waals surface area contributed by atoms with Crippen LogP contribution in [0, 0.1) is 17.0 Å². The Bertz CT molecular complexity index is 1300. The van der Waals surface area contributed by atoms with Crippen molar-refractivity contribution in [3.05, 3.63) is 80.1 Å². The number of ketones is 1. The first-order chi connectivity index (χ1) is 15.8. The van der Waals surface area contributed by atoms with Gasteiger partial charge in [-0.3, -0.25) is 19.5 Å². The third-order valence-electron chi connectivity index (χ3n) is 4.33. The molecule has 0 aliphatic heterocycles. The molecule has 0 unspecified atom stereocenters. The zero-order chi connectivity index (χ0) is 24.0. The minimum Gasteiger partial charge on any atom is -0.461 e. The summed E-state index contributed by atoms with van der Waals surface area (Å²) >= 11 is 1.94. The van der Waals surface area contributed by atoms with Crippen LogP contribution in [0.2, 0.25) is 0 Å². The van der Waals surface area contributed by atoms with Gasteiger partial charge >= 0.3 is 5.97 Å². The van der Waals surface area contributed by atoms with Crippen LogP contribution >= 0.6 is 23.1 Å². The number of rotatable bonds is 6. The van der Waals surface area contributed by atoms with E-state index in [9.17, 15) is 19.7 Å². The Kier molecular flexibility index (Phi) is 7.91. The van der Waals surface area contributed by atoms with Gasteiger partial charge in [-0.25, -0.2) is 4.79 Å². The van der Waals surface area contributed by atoms with Crippen LogP contribution in [0.1, 0.15) is 29.2 Å².